The fraction of sp³-hybridized carbons (Fsp3) is 0.300. The van der Waals surface area contributed by atoms with E-state index in [1.807, 2.05) is 0 Å². The van der Waals surface area contributed by atoms with E-state index in [9.17, 15) is 4.79 Å². The van der Waals surface area contributed by atoms with Crippen LogP contribution in [0.15, 0.2) is 15.9 Å². The minimum Gasteiger partial charge on any atom is -0.478 e. The number of aromatic carboxylic acids is 1. The highest BCUT2D eigenvalue weighted by atomic mass is 32.2. The molecular weight excluding hydrogens is 256 g/mol. The van der Waals surface area contributed by atoms with Crippen LogP contribution >= 0.6 is 11.8 Å². The average molecular weight is 266 g/mol. The first-order valence-corrected chi connectivity index (χ1v) is 6.03. The van der Waals surface area contributed by atoms with E-state index in [0.717, 1.165) is 0 Å². The van der Waals surface area contributed by atoms with E-state index in [1.54, 1.807) is 13.8 Å². The predicted octanol–water partition coefficient (Wildman–Crippen LogP) is 1.47. The number of rotatable bonds is 4. The van der Waals surface area contributed by atoms with E-state index in [1.165, 1.54) is 18.1 Å². The molecule has 2 heterocycles. The van der Waals surface area contributed by atoms with Crippen molar-refractivity contribution < 1.29 is 14.4 Å². The van der Waals surface area contributed by atoms with Gasteiger partial charge in [-0.05, 0) is 13.8 Å². The number of hydrogen-bond acceptors (Lipinski definition) is 7. The monoisotopic (exact) mass is 266 g/mol. The van der Waals surface area contributed by atoms with Crippen LogP contribution in [-0.4, -0.2) is 31.2 Å². The lowest BCUT2D eigenvalue weighted by Crippen LogP contribution is -2.08. The van der Waals surface area contributed by atoms with Gasteiger partial charge in [-0.15, -0.1) is 0 Å². The minimum atomic E-state index is -1.04. The average Bonchev–Trinajstić information content (AvgIpc) is 2.77. The lowest BCUT2D eigenvalue weighted by molar-refractivity contribution is 0.0690. The molecule has 0 saturated heterocycles. The van der Waals surface area contributed by atoms with Gasteiger partial charge in [-0.3, -0.25) is 0 Å². The van der Waals surface area contributed by atoms with Crippen molar-refractivity contribution >= 4 is 17.7 Å². The Hall–Kier alpha value is -1.96. The van der Waals surface area contributed by atoms with Crippen molar-refractivity contribution in [2.24, 2.45) is 0 Å². The number of hydrogen-bond donors (Lipinski definition) is 1. The van der Waals surface area contributed by atoms with Crippen molar-refractivity contribution in [1.29, 1.82) is 0 Å². The summed E-state index contributed by atoms with van der Waals surface area (Å²) in [5.74, 6) is 0.284. The highest BCUT2D eigenvalue weighted by Crippen LogP contribution is 2.25. The lowest BCUT2D eigenvalue weighted by Gasteiger charge is -2.07. The summed E-state index contributed by atoms with van der Waals surface area (Å²) in [6.07, 6.45) is 1.30. The van der Waals surface area contributed by atoms with Gasteiger partial charge in [0.25, 0.3) is 0 Å². The van der Waals surface area contributed by atoms with Crippen LogP contribution in [0.2, 0.25) is 0 Å². The van der Waals surface area contributed by atoms with Gasteiger partial charge in [-0.1, -0.05) is 16.9 Å². The third-order valence-corrected chi connectivity index (χ3v) is 3.08. The van der Waals surface area contributed by atoms with Crippen LogP contribution in [0.25, 0.3) is 0 Å². The third-order valence-electron chi connectivity index (χ3n) is 2.12. The topological polar surface area (TPSA) is 102 Å². The number of carboxylic acid groups (broad SMARTS) is 1. The van der Waals surface area contributed by atoms with Gasteiger partial charge in [0.05, 0.1) is 11.4 Å². The predicted molar refractivity (Wildman–Crippen MR) is 62.3 cm³/mol. The highest BCUT2D eigenvalue weighted by Gasteiger charge is 2.18. The molecule has 2 aromatic heterocycles. The summed E-state index contributed by atoms with van der Waals surface area (Å²) >= 11 is 1.23. The fourth-order valence-electron chi connectivity index (χ4n) is 1.42. The first kappa shape index (κ1) is 12.5. The Bertz CT molecular complexity index is 571. The second kappa shape index (κ2) is 5.13. The van der Waals surface area contributed by atoms with Gasteiger partial charge in [-0.2, -0.15) is 4.98 Å². The molecule has 1 N–H and O–H groups in total. The molecule has 7 nitrogen and oxygen atoms in total. The number of aromatic nitrogens is 4. The SMILES string of the molecule is Cc1nc(C)c(C(=O)O)c(SCc2ncno2)n1. The fourth-order valence-corrected chi connectivity index (χ4v) is 2.39. The molecule has 0 fully saturated rings. The van der Waals surface area contributed by atoms with Crippen molar-refractivity contribution in [1.82, 2.24) is 20.1 Å². The molecule has 8 heteroatoms. The van der Waals surface area contributed by atoms with Crippen molar-refractivity contribution in [3.05, 3.63) is 29.3 Å². The number of carbonyl (C=O) groups is 1. The van der Waals surface area contributed by atoms with Crippen LogP contribution in [0.3, 0.4) is 0 Å². The standard InChI is InChI=1S/C10H10N4O3S/c1-5-8(10(15)16)9(14-6(2)13-5)18-3-7-11-4-12-17-7/h4H,3H2,1-2H3,(H,15,16). The van der Waals surface area contributed by atoms with Gasteiger partial charge >= 0.3 is 5.97 Å². The number of nitrogens with zero attached hydrogens (tertiary/aromatic N) is 4. The van der Waals surface area contributed by atoms with Crippen LogP contribution in [0.1, 0.15) is 27.8 Å². The summed E-state index contributed by atoms with van der Waals surface area (Å²) in [7, 11) is 0. The molecule has 0 saturated carbocycles. The largest absolute Gasteiger partial charge is 0.478 e. The van der Waals surface area contributed by atoms with Crippen molar-refractivity contribution in [3.8, 4) is 0 Å². The molecule has 0 aromatic carbocycles. The third kappa shape index (κ3) is 2.65. The quantitative estimate of drug-likeness (QED) is 0.655. The molecule has 2 aromatic rings. The maximum absolute atomic E-state index is 11.2. The van der Waals surface area contributed by atoms with E-state index in [-0.39, 0.29) is 5.56 Å². The van der Waals surface area contributed by atoms with Crippen molar-refractivity contribution in [2.75, 3.05) is 0 Å². The van der Waals surface area contributed by atoms with Gasteiger partial charge in [0, 0.05) is 0 Å². The van der Waals surface area contributed by atoms with Gasteiger partial charge in [-0.25, -0.2) is 14.8 Å². The molecule has 0 bridgehead atoms. The molecular formula is C10H10N4O3S. The zero-order chi connectivity index (χ0) is 13.1. The normalized spacial score (nSPS) is 10.6. The van der Waals surface area contributed by atoms with E-state index in [2.05, 4.69) is 20.1 Å². The maximum atomic E-state index is 11.2. The Morgan fingerprint density at radius 2 is 2.22 bits per heavy atom. The Labute approximate surface area is 107 Å². The minimum absolute atomic E-state index is 0.116. The lowest BCUT2D eigenvalue weighted by atomic mass is 10.2. The van der Waals surface area contributed by atoms with Crippen molar-refractivity contribution in [2.45, 2.75) is 24.6 Å². The summed E-state index contributed by atoms with van der Waals surface area (Å²) in [6.45, 7) is 3.37. The number of aryl methyl sites for hydroxylation is 2. The summed E-state index contributed by atoms with van der Waals surface area (Å²) in [6, 6.07) is 0. The molecule has 0 amide bonds. The molecule has 0 atom stereocenters. The molecule has 2 rings (SSSR count). The van der Waals surface area contributed by atoms with Gasteiger partial charge in [0.15, 0.2) is 6.33 Å². The molecule has 18 heavy (non-hydrogen) atoms. The highest BCUT2D eigenvalue weighted by molar-refractivity contribution is 7.98. The Morgan fingerprint density at radius 1 is 1.44 bits per heavy atom. The van der Waals surface area contributed by atoms with Crippen LogP contribution in [-0.2, 0) is 5.75 Å². The zero-order valence-corrected chi connectivity index (χ0v) is 10.6. The van der Waals surface area contributed by atoms with Crippen LogP contribution in [0, 0.1) is 13.8 Å². The van der Waals surface area contributed by atoms with E-state index in [0.29, 0.717) is 28.2 Å². The molecule has 0 aliphatic rings. The first-order chi connectivity index (χ1) is 8.58. The molecule has 0 unspecified atom stereocenters. The summed E-state index contributed by atoms with van der Waals surface area (Å²) in [5.41, 5.74) is 0.563. The number of thioether (sulfide) groups is 1. The second-order valence-electron chi connectivity index (χ2n) is 3.47. The summed E-state index contributed by atoms with van der Waals surface area (Å²) in [5, 5.41) is 13.0. The molecule has 94 valence electrons. The number of carboxylic acids is 1. The Morgan fingerprint density at radius 3 is 2.83 bits per heavy atom. The van der Waals surface area contributed by atoms with Crippen LogP contribution in [0.5, 0.6) is 0 Å². The van der Waals surface area contributed by atoms with E-state index in [4.69, 9.17) is 9.63 Å². The Kier molecular flexibility index (Phi) is 3.56. The second-order valence-corrected chi connectivity index (χ2v) is 4.43. The molecule has 0 radical (unpaired) electrons. The van der Waals surface area contributed by atoms with Crippen molar-refractivity contribution in [3.63, 3.8) is 0 Å². The van der Waals surface area contributed by atoms with Crippen LogP contribution < -0.4 is 0 Å². The Balaban J connectivity index is 2.28. The van der Waals surface area contributed by atoms with Gasteiger partial charge in [0.1, 0.15) is 16.4 Å². The van der Waals surface area contributed by atoms with Gasteiger partial charge < -0.3 is 9.63 Å². The van der Waals surface area contributed by atoms with E-state index < -0.39 is 5.97 Å². The van der Waals surface area contributed by atoms with Crippen LogP contribution in [0.4, 0.5) is 0 Å². The first-order valence-electron chi connectivity index (χ1n) is 5.05. The molecule has 0 spiro atoms. The maximum Gasteiger partial charge on any atom is 0.340 e. The molecule has 0 aliphatic carbocycles. The summed E-state index contributed by atoms with van der Waals surface area (Å²) in [4.78, 5) is 23.2. The smallest absolute Gasteiger partial charge is 0.340 e. The summed E-state index contributed by atoms with van der Waals surface area (Å²) < 4.78 is 4.84. The van der Waals surface area contributed by atoms with E-state index >= 15 is 0 Å². The molecule has 0 aliphatic heterocycles. The zero-order valence-electron chi connectivity index (χ0n) is 9.75. The van der Waals surface area contributed by atoms with Gasteiger partial charge in [0.2, 0.25) is 5.89 Å².